The van der Waals surface area contributed by atoms with Crippen LogP contribution >= 0.6 is 0 Å². The first kappa shape index (κ1) is 17.6. The van der Waals surface area contributed by atoms with Gasteiger partial charge in [-0.05, 0) is 37.2 Å². The third kappa shape index (κ3) is 3.27. The van der Waals surface area contributed by atoms with Crippen LogP contribution < -0.4 is 10.1 Å². The van der Waals surface area contributed by atoms with E-state index in [1.54, 1.807) is 0 Å². The molecule has 5 rings (SSSR count). The number of aromatic nitrogens is 4. The van der Waals surface area contributed by atoms with Crippen LogP contribution in [0.15, 0.2) is 54.7 Å². The van der Waals surface area contributed by atoms with Crippen LogP contribution in [-0.2, 0) is 4.79 Å². The summed E-state index contributed by atoms with van der Waals surface area (Å²) in [6.07, 6.45) is 2.89. The van der Waals surface area contributed by atoms with Crippen LogP contribution in [0.2, 0.25) is 0 Å². The Morgan fingerprint density at radius 3 is 2.97 bits per heavy atom. The molecule has 0 saturated carbocycles. The van der Waals surface area contributed by atoms with Crippen molar-refractivity contribution in [3.8, 4) is 17.3 Å². The Bertz CT molecular complexity index is 1210. The number of fused-ring (bicyclic) bond motifs is 2. The molecule has 0 bridgehead atoms. The second kappa shape index (κ2) is 7.14. The number of carboxylic acids is 1. The highest BCUT2D eigenvalue weighted by molar-refractivity contribution is 5.86. The molecule has 1 saturated heterocycles. The Labute approximate surface area is 166 Å². The maximum atomic E-state index is 11.3. The number of rotatable bonds is 4. The summed E-state index contributed by atoms with van der Waals surface area (Å²) in [4.78, 5) is 16.1. The molecule has 1 fully saturated rings. The summed E-state index contributed by atoms with van der Waals surface area (Å²) in [7, 11) is 0. The van der Waals surface area contributed by atoms with Crippen molar-refractivity contribution in [2.75, 3.05) is 6.54 Å². The summed E-state index contributed by atoms with van der Waals surface area (Å²) >= 11 is 0. The van der Waals surface area contributed by atoms with Gasteiger partial charge < -0.3 is 15.2 Å². The average molecular weight is 389 g/mol. The van der Waals surface area contributed by atoms with E-state index >= 15 is 0 Å². The molecule has 8 nitrogen and oxygen atoms in total. The first-order valence-corrected chi connectivity index (χ1v) is 9.52. The van der Waals surface area contributed by atoms with Crippen LogP contribution in [0.1, 0.15) is 12.8 Å². The maximum absolute atomic E-state index is 11.3. The summed E-state index contributed by atoms with van der Waals surface area (Å²) < 4.78 is 8.09. The monoisotopic (exact) mass is 389 g/mol. The molecule has 0 spiro atoms. The van der Waals surface area contributed by atoms with E-state index in [0.717, 1.165) is 23.0 Å². The molecule has 2 N–H and O–H groups in total. The lowest BCUT2D eigenvalue weighted by atomic mass is 10.0. The van der Waals surface area contributed by atoms with E-state index in [1.165, 1.54) is 0 Å². The first-order valence-electron chi connectivity index (χ1n) is 9.52. The fourth-order valence-corrected chi connectivity index (χ4v) is 3.71. The van der Waals surface area contributed by atoms with Gasteiger partial charge in [0.1, 0.15) is 29.1 Å². The number of ether oxygens (including phenoxy) is 1. The minimum absolute atomic E-state index is 0.178. The van der Waals surface area contributed by atoms with E-state index in [0.29, 0.717) is 30.2 Å². The van der Waals surface area contributed by atoms with Crippen LogP contribution in [0.4, 0.5) is 0 Å². The van der Waals surface area contributed by atoms with Gasteiger partial charge >= 0.3 is 5.97 Å². The zero-order valence-electron chi connectivity index (χ0n) is 15.5. The van der Waals surface area contributed by atoms with Gasteiger partial charge in [-0.1, -0.05) is 24.3 Å². The summed E-state index contributed by atoms with van der Waals surface area (Å²) in [6, 6.07) is 14.8. The molecule has 3 aromatic heterocycles. The number of hydrogen-bond donors (Lipinski definition) is 2. The van der Waals surface area contributed by atoms with E-state index in [2.05, 4.69) is 15.5 Å². The fourth-order valence-electron chi connectivity index (χ4n) is 3.71. The van der Waals surface area contributed by atoms with Gasteiger partial charge in [0.2, 0.25) is 0 Å². The summed E-state index contributed by atoms with van der Waals surface area (Å²) in [6.45, 7) is 0.608. The molecule has 1 aromatic carbocycles. The third-order valence-electron chi connectivity index (χ3n) is 5.17. The molecular weight excluding hydrogens is 370 g/mol. The van der Waals surface area contributed by atoms with Crippen molar-refractivity contribution in [3.63, 3.8) is 0 Å². The second-order valence-electron chi connectivity index (χ2n) is 7.09. The van der Waals surface area contributed by atoms with E-state index < -0.39 is 12.0 Å². The van der Waals surface area contributed by atoms with Gasteiger partial charge in [-0.15, -0.1) is 10.2 Å². The largest absolute Gasteiger partial charge is 0.488 e. The van der Waals surface area contributed by atoms with Crippen LogP contribution in [0, 0.1) is 0 Å². The number of carbonyl (C=O) groups is 1. The minimum atomic E-state index is -0.852. The van der Waals surface area contributed by atoms with Crippen molar-refractivity contribution in [3.05, 3.63) is 54.7 Å². The second-order valence-corrected chi connectivity index (χ2v) is 7.09. The lowest BCUT2D eigenvalue weighted by Crippen LogP contribution is -2.46. The van der Waals surface area contributed by atoms with Crippen molar-refractivity contribution in [1.82, 2.24) is 24.9 Å². The Morgan fingerprint density at radius 1 is 1.14 bits per heavy atom. The maximum Gasteiger partial charge on any atom is 0.320 e. The van der Waals surface area contributed by atoms with Crippen molar-refractivity contribution in [2.45, 2.75) is 25.0 Å². The summed E-state index contributed by atoms with van der Waals surface area (Å²) in [5.41, 5.74) is 2.17. The van der Waals surface area contributed by atoms with Gasteiger partial charge in [0.15, 0.2) is 11.5 Å². The molecule has 2 atom stereocenters. The molecular formula is C21H19N5O3. The van der Waals surface area contributed by atoms with Crippen molar-refractivity contribution in [1.29, 1.82) is 0 Å². The van der Waals surface area contributed by atoms with E-state index in [4.69, 9.17) is 9.72 Å². The SMILES string of the molecule is O=C(O)[C@@H]1C[C@@H](Oc2cccc3ccc(-c4nnc5ccccn45)nc23)CCN1. The molecule has 0 unspecified atom stereocenters. The Balaban J connectivity index is 1.52. The highest BCUT2D eigenvalue weighted by atomic mass is 16.5. The Kier molecular flexibility index (Phi) is 4.33. The van der Waals surface area contributed by atoms with Gasteiger partial charge in [0.25, 0.3) is 0 Å². The quantitative estimate of drug-likeness (QED) is 0.553. The molecule has 0 aliphatic carbocycles. The van der Waals surface area contributed by atoms with E-state index in [-0.39, 0.29) is 6.10 Å². The summed E-state index contributed by atoms with van der Waals surface area (Å²) in [5.74, 6) is 0.453. The van der Waals surface area contributed by atoms with Crippen molar-refractivity contribution >= 4 is 22.5 Å². The highest BCUT2D eigenvalue weighted by Gasteiger charge is 2.28. The number of pyridine rings is 2. The molecule has 146 valence electrons. The molecule has 4 aromatic rings. The van der Waals surface area contributed by atoms with E-state index in [9.17, 15) is 9.90 Å². The lowest BCUT2D eigenvalue weighted by molar-refractivity contribution is -0.140. The Morgan fingerprint density at radius 2 is 2.07 bits per heavy atom. The van der Waals surface area contributed by atoms with Gasteiger partial charge in [-0.3, -0.25) is 9.20 Å². The lowest BCUT2D eigenvalue weighted by Gasteiger charge is -2.28. The zero-order valence-corrected chi connectivity index (χ0v) is 15.5. The minimum Gasteiger partial charge on any atom is -0.488 e. The molecule has 0 radical (unpaired) electrons. The number of piperidine rings is 1. The van der Waals surface area contributed by atoms with Gasteiger partial charge in [0, 0.05) is 18.0 Å². The van der Waals surface area contributed by atoms with Crippen LogP contribution in [0.25, 0.3) is 28.1 Å². The van der Waals surface area contributed by atoms with Crippen LogP contribution in [0.3, 0.4) is 0 Å². The van der Waals surface area contributed by atoms with Gasteiger partial charge in [-0.2, -0.15) is 0 Å². The number of aliphatic carboxylic acids is 1. The predicted octanol–water partition coefficient (Wildman–Crippen LogP) is 2.53. The van der Waals surface area contributed by atoms with E-state index in [1.807, 2.05) is 59.1 Å². The molecule has 29 heavy (non-hydrogen) atoms. The normalized spacial score (nSPS) is 19.4. The molecule has 8 heteroatoms. The zero-order chi connectivity index (χ0) is 19.8. The molecule has 4 heterocycles. The van der Waals surface area contributed by atoms with Crippen LogP contribution in [-0.4, -0.2) is 49.3 Å². The molecule has 0 amide bonds. The first-order chi connectivity index (χ1) is 14.2. The van der Waals surface area contributed by atoms with Gasteiger partial charge in [-0.25, -0.2) is 4.98 Å². The molecule has 1 aliphatic rings. The average Bonchev–Trinajstić information content (AvgIpc) is 3.18. The fraction of sp³-hybridized carbons (Fsp3) is 0.238. The van der Waals surface area contributed by atoms with Crippen LogP contribution in [0.5, 0.6) is 5.75 Å². The number of carboxylic acid groups (broad SMARTS) is 1. The number of nitrogens with zero attached hydrogens (tertiary/aromatic N) is 4. The standard InChI is InChI=1S/C21H19N5O3/c27-21(28)16-12-14(9-10-22-16)29-17-5-3-4-13-7-8-15(23-19(13)17)20-25-24-18-6-1-2-11-26(18)20/h1-8,11,14,16,22H,9-10,12H2,(H,27,28)/t14-,16-/m0/s1. The summed E-state index contributed by atoms with van der Waals surface area (Å²) in [5, 5.41) is 21.7. The van der Waals surface area contributed by atoms with Crippen molar-refractivity contribution in [2.24, 2.45) is 0 Å². The number of nitrogens with one attached hydrogen (secondary N) is 1. The Hall–Kier alpha value is -3.52. The highest BCUT2D eigenvalue weighted by Crippen LogP contribution is 2.29. The topological polar surface area (TPSA) is 102 Å². The smallest absolute Gasteiger partial charge is 0.320 e. The number of hydrogen-bond acceptors (Lipinski definition) is 6. The third-order valence-corrected chi connectivity index (χ3v) is 5.17. The van der Waals surface area contributed by atoms with Gasteiger partial charge in [0.05, 0.1) is 0 Å². The number of benzene rings is 1. The predicted molar refractivity (Wildman–Crippen MR) is 107 cm³/mol. The number of para-hydroxylation sites is 1. The molecule has 1 aliphatic heterocycles. The van der Waals surface area contributed by atoms with Crippen molar-refractivity contribution < 1.29 is 14.6 Å².